The van der Waals surface area contributed by atoms with Crippen molar-refractivity contribution in [3.8, 4) is 5.75 Å². The molecule has 24 heavy (non-hydrogen) atoms. The molecular formula is C17H17N3O2S2. The van der Waals surface area contributed by atoms with E-state index >= 15 is 0 Å². The highest BCUT2D eigenvalue weighted by Gasteiger charge is 2.09. The van der Waals surface area contributed by atoms with Crippen LogP contribution in [0.15, 0.2) is 47.4 Å². The summed E-state index contributed by atoms with van der Waals surface area (Å²) in [7, 11) is 0. The first kappa shape index (κ1) is 16.6. The van der Waals surface area contributed by atoms with Gasteiger partial charge in [0.25, 0.3) is 0 Å². The molecule has 0 bridgehead atoms. The molecule has 1 heterocycles. The van der Waals surface area contributed by atoms with Crippen LogP contribution in [0.3, 0.4) is 0 Å². The van der Waals surface area contributed by atoms with Gasteiger partial charge in [-0.25, -0.2) is 4.98 Å². The first-order chi connectivity index (χ1) is 11.6. The molecule has 0 fully saturated rings. The van der Waals surface area contributed by atoms with Crippen LogP contribution in [0.25, 0.3) is 10.2 Å². The first-order valence-corrected chi connectivity index (χ1v) is 9.26. The molecule has 3 rings (SSSR count). The van der Waals surface area contributed by atoms with Gasteiger partial charge in [0, 0.05) is 10.6 Å². The van der Waals surface area contributed by atoms with Gasteiger partial charge < -0.3 is 15.8 Å². The number of nitrogens with zero attached hydrogens (tertiary/aromatic N) is 1. The SMILES string of the molecule is CCOc1ccc2nc(NC(=O)CSc3ccc(N)cc3)sc2c1. The van der Waals surface area contributed by atoms with Crippen molar-refractivity contribution in [2.45, 2.75) is 11.8 Å². The van der Waals surface area contributed by atoms with E-state index in [4.69, 9.17) is 10.5 Å². The maximum atomic E-state index is 12.1. The minimum Gasteiger partial charge on any atom is -0.494 e. The second kappa shape index (κ2) is 7.55. The number of hydrogen-bond acceptors (Lipinski definition) is 6. The summed E-state index contributed by atoms with van der Waals surface area (Å²) < 4.78 is 6.47. The lowest BCUT2D eigenvalue weighted by Crippen LogP contribution is -2.13. The maximum Gasteiger partial charge on any atom is 0.236 e. The van der Waals surface area contributed by atoms with Crippen LogP contribution in [0.5, 0.6) is 5.75 Å². The standard InChI is InChI=1S/C17H17N3O2S2/c1-2-22-12-5-8-14-15(9-12)24-17(19-14)20-16(21)10-23-13-6-3-11(18)4-7-13/h3-9H,2,10,18H2,1H3,(H,19,20,21). The average molecular weight is 359 g/mol. The van der Waals surface area contributed by atoms with Crippen LogP contribution in [0, 0.1) is 0 Å². The van der Waals surface area contributed by atoms with Crippen LogP contribution in [-0.2, 0) is 4.79 Å². The molecule has 3 aromatic rings. The van der Waals surface area contributed by atoms with Gasteiger partial charge in [-0.1, -0.05) is 11.3 Å². The van der Waals surface area contributed by atoms with Crippen molar-refractivity contribution in [2.24, 2.45) is 0 Å². The van der Waals surface area contributed by atoms with Gasteiger partial charge in [-0.2, -0.15) is 0 Å². The summed E-state index contributed by atoms with van der Waals surface area (Å²) in [5, 5.41) is 3.45. The molecular weight excluding hydrogens is 342 g/mol. The number of aromatic nitrogens is 1. The Balaban J connectivity index is 1.61. The van der Waals surface area contributed by atoms with Crippen molar-refractivity contribution in [1.29, 1.82) is 0 Å². The summed E-state index contributed by atoms with van der Waals surface area (Å²) in [5.41, 5.74) is 7.21. The Morgan fingerprint density at radius 3 is 2.83 bits per heavy atom. The average Bonchev–Trinajstić information content (AvgIpc) is 2.96. The number of carbonyl (C=O) groups excluding carboxylic acids is 1. The van der Waals surface area contributed by atoms with E-state index in [-0.39, 0.29) is 5.91 Å². The van der Waals surface area contributed by atoms with Crippen LogP contribution in [0.2, 0.25) is 0 Å². The predicted molar refractivity (Wildman–Crippen MR) is 101 cm³/mol. The number of nitrogens with two attached hydrogens (primary N) is 1. The molecule has 2 aromatic carbocycles. The molecule has 5 nitrogen and oxygen atoms in total. The Morgan fingerprint density at radius 1 is 1.29 bits per heavy atom. The molecule has 0 spiro atoms. The molecule has 124 valence electrons. The number of nitrogen functional groups attached to an aromatic ring is 1. The molecule has 7 heteroatoms. The lowest BCUT2D eigenvalue weighted by molar-refractivity contribution is -0.113. The topological polar surface area (TPSA) is 77.2 Å². The van der Waals surface area contributed by atoms with Crippen LogP contribution in [0.4, 0.5) is 10.8 Å². The van der Waals surface area contributed by atoms with Gasteiger partial charge in [0.2, 0.25) is 5.91 Å². The zero-order valence-electron chi connectivity index (χ0n) is 13.1. The summed E-state index contributed by atoms with van der Waals surface area (Å²) >= 11 is 2.90. The molecule has 3 N–H and O–H groups in total. The number of carbonyl (C=O) groups is 1. The third kappa shape index (κ3) is 4.18. The number of rotatable bonds is 6. The number of thiazole rings is 1. The molecule has 0 aliphatic carbocycles. The smallest absolute Gasteiger partial charge is 0.236 e. The molecule has 0 aliphatic rings. The first-order valence-electron chi connectivity index (χ1n) is 7.45. The summed E-state index contributed by atoms with van der Waals surface area (Å²) in [6, 6.07) is 13.2. The number of thioether (sulfide) groups is 1. The van der Waals surface area contributed by atoms with E-state index in [1.807, 2.05) is 49.4 Å². The number of amides is 1. The zero-order chi connectivity index (χ0) is 16.9. The molecule has 1 amide bonds. The van der Waals surface area contributed by atoms with Crippen LogP contribution >= 0.6 is 23.1 Å². The van der Waals surface area contributed by atoms with Gasteiger partial charge in [0.1, 0.15) is 5.75 Å². The number of hydrogen-bond donors (Lipinski definition) is 2. The molecule has 0 atom stereocenters. The molecule has 0 aliphatic heterocycles. The van der Waals surface area contributed by atoms with Crippen molar-refractivity contribution >= 4 is 50.0 Å². The van der Waals surface area contributed by atoms with Crippen molar-refractivity contribution in [2.75, 3.05) is 23.4 Å². The summed E-state index contributed by atoms with van der Waals surface area (Å²) in [4.78, 5) is 17.5. The zero-order valence-corrected chi connectivity index (χ0v) is 14.7. The Kier molecular flexibility index (Phi) is 5.22. The number of fused-ring (bicyclic) bond motifs is 1. The van der Waals surface area contributed by atoms with Gasteiger partial charge in [0.15, 0.2) is 5.13 Å². The number of nitrogens with one attached hydrogen (secondary N) is 1. The maximum absolute atomic E-state index is 12.1. The fraction of sp³-hybridized carbons (Fsp3) is 0.176. The Hall–Kier alpha value is -2.25. The molecule has 1 aromatic heterocycles. The van der Waals surface area contributed by atoms with Gasteiger partial charge in [-0.05, 0) is 49.4 Å². The minimum absolute atomic E-state index is 0.0825. The third-order valence-corrected chi connectivity index (χ3v) is 5.11. The van der Waals surface area contributed by atoms with E-state index in [0.717, 1.165) is 20.9 Å². The molecule has 0 radical (unpaired) electrons. The van der Waals surface area contributed by atoms with Crippen molar-refractivity contribution in [1.82, 2.24) is 4.98 Å². The highest BCUT2D eigenvalue weighted by Crippen LogP contribution is 2.29. The predicted octanol–water partition coefficient (Wildman–Crippen LogP) is 4.01. The molecule has 0 saturated carbocycles. The Labute approximate surface area is 148 Å². The lowest BCUT2D eigenvalue weighted by Gasteiger charge is -2.02. The van der Waals surface area contributed by atoms with Crippen LogP contribution in [-0.4, -0.2) is 23.3 Å². The van der Waals surface area contributed by atoms with E-state index < -0.39 is 0 Å². The summed E-state index contributed by atoms with van der Waals surface area (Å²) in [6.07, 6.45) is 0. The van der Waals surface area contributed by atoms with E-state index in [1.54, 1.807) is 0 Å². The lowest BCUT2D eigenvalue weighted by atomic mass is 10.3. The highest BCUT2D eigenvalue weighted by atomic mass is 32.2. The van der Waals surface area contributed by atoms with Crippen LogP contribution < -0.4 is 15.8 Å². The summed E-state index contributed by atoms with van der Waals surface area (Å²) in [6.45, 7) is 2.57. The molecule has 0 saturated heterocycles. The Bertz CT molecular complexity index is 847. The monoisotopic (exact) mass is 359 g/mol. The fourth-order valence-corrected chi connectivity index (χ4v) is 3.69. The van der Waals surface area contributed by atoms with E-state index in [9.17, 15) is 4.79 Å². The largest absolute Gasteiger partial charge is 0.494 e. The number of benzene rings is 2. The van der Waals surface area contributed by atoms with Gasteiger partial charge in [0.05, 0.1) is 22.6 Å². The second-order valence-electron chi connectivity index (χ2n) is 4.99. The van der Waals surface area contributed by atoms with Gasteiger partial charge in [-0.15, -0.1) is 11.8 Å². The summed E-state index contributed by atoms with van der Waals surface area (Å²) in [5.74, 6) is 1.05. The third-order valence-electron chi connectivity index (χ3n) is 3.17. The second-order valence-corrected chi connectivity index (χ2v) is 7.07. The molecule has 0 unspecified atom stereocenters. The van der Waals surface area contributed by atoms with Gasteiger partial charge in [-0.3, -0.25) is 4.79 Å². The van der Waals surface area contributed by atoms with Crippen molar-refractivity contribution < 1.29 is 9.53 Å². The van der Waals surface area contributed by atoms with Crippen molar-refractivity contribution in [3.05, 3.63) is 42.5 Å². The Morgan fingerprint density at radius 2 is 2.08 bits per heavy atom. The highest BCUT2D eigenvalue weighted by molar-refractivity contribution is 8.00. The minimum atomic E-state index is -0.0825. The van der Waals surface area contributed by atoms with Crippen LogP contribution in [0.1, 0.15) is 6.92 Å². The normalized spacial score (nSPS) is 10.7. The number of ether oxygens (including phenoxy) is 1. The number of anilines is 2. The quantitative estimate of drug-likeness (QED) is 0.514. The van der Waals surface area contributed by atoms with E-state index in [0.29, 0.717) is 23.2 Å². The van der Waals surface area contributed by atoms with Crippen molar-refractivity contribution in [3.63, 3.8) is 0 Å². The van der Waals surface area contributed by atoms with E-state index in [1.165, 1.54) is 23.1 Å². The van der Waals surface area contributed by atoms with E-state index in [2.05, 4.69) is 10.3 Å². The van der Waals surface area contributed by atoms with Gasteiger partial charge >= 0.3 is 0 Å². The fourth-order valence-electron chi connectivity index (χ4n) is 2.08.